The van der Waals surface area contributed by atoms with Crippen LogP contribution in [0.15, 0.2) is 18.2 Å². The van der Waals surface area contributed by atoms with Crippen LogP contribution in [-0.2, 0) is 17.6 Å². The van der Waals surface area contributed by atoms with Gasteiger partial charge in [0.15, 0.2) is 0 Å². The number of ether oxygens (including phenoxy) is 2. The van der Waals surface area contributed by atoms with Crippen LogP contribution in [0.5, 0.6) is 5.75 Å². The zero-order valence-corrected chi connectivity index (χ0v) is 15.0. The maximum atomic E-state index is 11.9. The average Bonchev–Trinajstić information content (AvgIpc) is 2.56. The summed E-state index contributed by atoms with van der Waals surface area (Å²) in [7, 11) is 0. The Morgan fingerprint density at radius 3 is 2.30 bits per heavy atom. The first-order chi connectivity index (χ1) is 11.2. The molecular formula is C20H32O3. The van der Waals surface area contributed by atoms with Crippen molar-refractivity contribution in [2.45, 2.75) is 78.6 Å². The molecule has 0 aromatic heterocycles. The number of aryl methyl sites for hydroxylation is 1. The van der Waals surface area contributed by atoms with Crippen molar-refractivity contribution in [2.75, 3.05) is 6.61 Å². The van der Waals surface area contributed by atoms with Crippen LogP contribution in [0, 0.1) is 0 Å². The van der Waals surface area contributed by atoms with Gasteiger partial charge in [-0.05, 0) is 49.3 Å². The van der Waals surface area contributed by atoms with Crippen LogP contribution in [0.4, 0.5) is 4.79 Å². The minimum absolute atomic E-state index is 0.437. The van der Waals surface area contributed by atoms with Crippen LogP contribution in [0.1, 0.15) is 76.8 Å². The molecule has 0 aliphatic heterocycles. The molecule has 130 valence electrons. The number of carbonyl (C=O) groups is 1. The van der Waals surface area contributed by atoms with Crippen LogP contribution >= 0.6 is 0 Å². The number of hydrogen-bond donors (Lipinski definition) is 0. The molecule has 0 bridgehead atoms. The van der Waals surface area contributed by atoms with Crippen molar-refractivity contribution in [1.29, 1.82) is 0 Å². The fraction of sp³-hybridized carbons (Fsp3) is 0.650. The van der Waals surface area contributed by atoms with Crippen LogP contribution < -0.4 is 4.74 Å². The van der Waals surface area contributed by atoms with Gasteiger partial charge in [-0.3, -0.25) is 0 Å². The van der Waals surface area contributed by atoms with E-state index in [0.29, 0.717) is 12.4 Å². The van der Waals surface area contributed by atoms with Gasteiger partial charge in [-0.2, -0.15) is 0 Å². The molecule has 0 saturated carbocycles. The standard InChI is InChI=1S/C20H32O3/c1-4-7-10-16-22-20(21)23-19-15-11-13-17(12-8-5-2)18(19)14-9-6-3/h11,13,15H,4-10,12,14,16H2,1-3H3. The zero-order chi connectivity index (χ0) is 16.9. The van der Waals surface area contributed by atoms with Crippen molar-refractivity contribution in [3.05, 3.63) is 29.3 Å². The van der Waals surface area contributed by atoms with Crippen molar-refractivity contribution in [3.63, 3.8) is 0 Å². The molecule has 0 radical (unpaired) electrons. The Labute approximate surface area is 141 Å². The fourth-order valence-corrected chi connectivity index (χ4v) is 2.57. The lowest BCUT2D eigenvalue weighted by Crippen LogP contribution is -2.13. The summed E-state index contributed by atoms with van der Waals surface area (Å²) in [5.74, 6) is 0.674. The van der Waals surface area contributed by atoms with Gasteiger partial charge in [0.05, 0.1) is 6.61 Å². The third-order valence-corrected chi connectivity index (χ3v) is 3.97. The second kappa shape index (κ2) is 12.0. The Morgan fingerprint density at radius 2 is 1.61 bits per heavy atom. The maximum absolute atomic E-state index is 11.9. The van der Waals surface area contributed by atoms with Crippen LogP contribution in [-0.4, -0.2) is 12.8 Å². The first kappa shape index (κ1) is 19.5. The number of rotatable bonds is 11. The first-order valence-electron chi connectivity index (χ1n) is 9.18. The third-order valence-electron chi connectivity index (χ3n) is 3.97. The van der Waals surface area contributed by atoms with Gasteiger partial charge in [0.2, 0.25) is 0 Å². The Balaban J connectivity index is 2.72. The molecule has 0 heterocycles. The molecule has 0 aliphatic carbocycles. The van der Waals surface area contributed by atoms with E-state index in [1.54, 1.807) is 0 Å². The van der Waals surface area contributed by atoms with Gasteiger partial charge in [-0.1, -0.05) is 58.6 Å². The Kier molecular flexibility index (Phi) is 10.2. The molecule has 1 aromatic carbocycles. The first-order valence-corrected chi connectivity index (χ1v) is 9.18. The predicted octanol–water partition coefficient (Wildman–Crippen LogP) is 6.08. The maximum Gasteiger partial charge on any atom is 0.513 e. The van der Waals surface area contributed by atoms with Gasteiger partial charge < -0.3 is 9.47 Å². The zero-order valence-electron chi connectivity index (χ0n) is 15.0. The lowest BCUT2D eigenvalue weighted by Gasteiger charge is -2.14. The topological polar surface area (TPSA) is 35.5 Å². The smallest absolute Gasteiger partial charge is 0.434 e. The average molecular weight is 320 g/mol. The van der Waals surface area contributed by atoms with Gasteiger partial charge in [0.25, 0.3) is 0 Å². The van der Waals surface area contributed by atoms with Gasteiger partial charge in [0.1, 0.15) is 5.75 Å². The molecule has 0 unspecified atom stereocenters. The SMILES string of the molecule is CCCCCOC(=O)Oc1cccc(CCCC)c1CCCC. The van der Waals surface area contributed by atoms with Crippen molar-refractivity contribution >= 4 is 6.16 Å². The van der Waals surface area contributed by atoms with Crippen molar-refractivity contribution in [3.8, 4) is 5.75 Å². The monoisotopic (exact) mass is 320 g/mol. The van der Waals surface area contributed by atoms with E-state index in [4.69, 9.17) is 9.47 Å². The van der Waals surface area contributed by atoms with Gasteiger partial charge >= 0.3 is 6.16 Å². The minimum Gasteiger partial charge on any atom is -0.434 e. The number of benzene rings is 1. The lowest BCUT2D eigenvalue weighted by molar-refractivity contribution is 0.0970. The second-order valence-electron chi connectivity index (χ2n) is 6.01. The quantitative estimate of drug-likeness (QED) is 0.282. The fourth-order valence-electron chi connectivity index (χ4n) is 2.57. The van der Waals surface area contributed by atoms with E-state index in [2.05, 4.69) is 26.8 Å². The summed E-state index contributed by atoms with van der Waals surface area (Å²) < 4.78 is 10.6. The highest BCUT2D eigenvalue weighted by atomic mass is 16.7. The van der Waals surface area contributed by atoms with E-state index < -0.39 is 6.16 Å². The van der Waals surface area contributed by atoms with E-state index >= 15 is 0 Å². The molecule has 0 N–H and O–H groups in total. The Bertz CT molecular complexity index is 454. The molecule has 0 aliphatic rings. The summed E-state index contributed by atoms with van der Waals surface area (Å²) >= 11 is 0. The van der Waals surface area contributed by atoms with Gasteiger partial charge in [-0.15, -0.1) is 0 Å². The molecular weight excluding hydrogens is 288 g/mol. The normalized spacial score (nSPS) is 10.6. The molecule has 0 atom stereocenters. The van der Waals surface area contributed by atoms with Crippen LogP contribution in [0.2, 0.25) is 0 Å². The number of hydrogen-bond acceptors (Lipinski definition) is 3. The van der Waals surface area contributed by atoms with Crippen molar-refractivity contribution in [2.24, 2.45) is 0 Å². The van der Waals surface area contributed by atoms with Gasteiger partial charge in [-0.25, -0.2) is 4.79 Å². The molecule has 0 spiro atoms. The van der Waals surface area contributed by atoms with E-state index in [1.165, 1.54) is 11.1 Å². The molecule has 3 heteroatoms. The highest BCUT2D eigenvalue weighted by molar-refractivity contribution is 5.65. The van der Waals surface area contributed by atoms with Gasteiger partial charge in [0, 0.05) is 0 Å². The minimum atomic E-state index is -0.577. The highest BCUT2D eigenvalue weighted by Crippen LogP contribution is 2.26. The summed E-state index contributed by atoms with van der Waals surface area (Å²) in [6.07, 6.45) is 9.04. The second-order valence-corrected chi connectivity index (χ2v) is 6.01. The summed E-state index contributed by atoms with van der Waals surface area (Å²) in [4.78, 5) is 11.9. The largest absolute Gasteiger partial charge is 0.513 e. The number of carbonyl (C=O) groups excluding carboxylic acids is 1. The molecule has 0 saturated heterocycles. The Morgan fingerprint density at radius 1 is 0.913 bits per heavy atom. The summed E-state index contributed by atoms with van der Waals surface area (Å²) in [5, 5.41) is 0. The van der Waals surface area contributed by atoms with E-state index in [0.717, 1.165) is 57.8 Å². The predicted molar refractivity (Wildman–Crippen MR) is 95.2 cm³/mol. The van der Waals surface area contributed by atoms with E-state index in [1.807, 2.05) is 12.1 Å². The molecule has 0 amide bonds. The third kappa shape index (κ3) is 7.54. The highest BCUT2D eigenvalue weighted by Gasteiger charge is 2.13. The van der Waals surface area contributed by atoms with Crippen molar-refractivity contribution < 1.29 is 14.3 Å². The molecule has 1 aromatic rings. The molecule has 23 heavy (non-hydrogen) atoms. The van der Waals surface area contributed by atoms with Crippen molar-refractivity contribution in [1.82, 2.24) is 0 Å². The van der Waals surface area contributed by atoms with E-state index in [-0.39, 0.29) is 0 Å². The van der Waals surface area contributed by atoms with Crippen LogP contribution in [0.3, 0.4) is 0 Å². The van der Waals surface area contributed by atoms with Crippen LogP contribution in [0.25, 0.3) is 0 Å². The summed E-state index contributed by atoms with van der Waals surface area (Å²) in [6.45, 7) is 6.93. The molecule has 3 nitrogen and oxygen atoms in total. The molecule has 1 rings (SSSR count). The summed E-state index contributed by atoms with van der Waals surface area (Å²) in [6, 6.07) is 6.01. The lowest BCUT2D eigenvalue weighted by atomic mass is 9.97. The number of unbranched alkanes of at least 4 members (excludes halogenated alkanes) is 4. The summed E-state index contributed by atoms with van der Waals surface area (Å²) in [5.41, 5.74) is 2.48. The Hall–Kier alpha value is -1.51. The molecule has 0 fully saturated rings. The van der Waals surface area contributed by atoms with E-state index in [9.17, 15) is 4.79 Å².